The van der Waals surface area contributed by atoms with Gasteiger partial charge in [-0.15, -0.1) is 0 Å². The number of anilines is 1. The van der Waals surface area contributed by atoms with E-state index in [9.17, 15) is 4.39 Å². The molecule has 7 nitrogen and oxygen atoms in total. The molecule has 0 unspecified atom stereocenters. The van der Waals surface area contributed by atoms with Crippen molar-refractivity contribution in [3.05, 3.63) is 64.8 Å². The Morgan fingerprint density at radius 1 is 1.10 bits per heavy atom. The Hall–Kier alpha value is -3.39. The Kier molecular flexibility index (Phi) is 4.71. The summed E-state index contributed by atoms with van der Waals surface area (Å²) in [6.07, 6.45) is 1.66. The van der Waals surface area contributed by atoms with Crippen LogP contribution in [0.3, 0.4) is 0 Å². The number of aryl methyl sites for hydroxylation is 2. The summed E-state index contributed by atoms with van der Waals surface area (Å²) in [5, 5.41) is 10.4. The molecule has 0 amide bonds. The molecular formula is C20H19ClFN7. The van der Waals surface area contributed by atoms with Crippen molar-refractivity contribution in [2.45, 2.75) is 13.8 Å². The summed E-state index contributed by atoms with van der Waals surface area (Å²) in [7, 11) is 1.81. The molecule has 0 aliphatic rings. The number of nitrogen functional groups attached to an aromatic ring is 1. The third-order valence-electron chi connectivity index (χ3n) is 4.62. The molecule has 0 saturated heterocycles. The molecule has 3 aromatic heterocycles. The molecule has 3 N–H and O–H groups in total. The maximum absolute atomic E-state index is 13.3. The van der Waals surface area contributed by atoms with E-state index in [2.05, 4.69) is 20.2 Å². The zero-order valence-electron chi connectivity index (χ0n) is 16.1. The van der Waals surface area contributed by atoms with E-state index in [0.717, 1.165) is 16.6 Å². The van der Waals surface area contributed by atoms with Crippen LogP contribution in [0.2, 0.25) is 5.02 Å². The molecule has 0 aliphatic carbocycles. The molecule has 0 radical (unpaired) electrons. The number of fused-ring (bicyclic) bond motifs is 1. The van der Waals surface area contributed by atoms with Crippen LogP contribution in [0.25, 0.3) is 28.1 Å². The molecule has 0 bridgehead atoms. The molecule has 29 heavy (non-hydrogen) atoms. The summed E-state index contributed by atoms with van der Waals surface area (Å²) >= 11 is 6.27. The minimum absolute atomic E-state index is 0.303. The third-order valence-corrected chi connectivity index (χ3v) is 5.16. The molecule has 4 rings (SSSR count). The number of nitrogens with zero attached hydrogens (tertiary/aromatic N) is 5. The van der Waals surface area contributed by atoms with E-state index in [0.29, 0.717) is 33.7 Å². The van der Waals surface area contributed by atoms with Crippen LogP contribution < -0.4 is 5.73 Å². The van der Waals surface area contributed by atoms with Gasteiger partial charge in [-0.3, -0.25) is 4.68 Å². The number of nitrogens with one attached hydrogen (secondary N) is 1. The maximum Gasteiger partial charge on any atom is 0.157 e. The first kappa shape index (κ1) is 18.9. The molecule has 148 valence electrons. The fourth-order valence-corrected chi connectivity index (χ4v) is 3.29. The van der Waals surface area contributed by atoms with Crippen LogP contribution >= 0.6 is 11.6 Å². The Labute approximate surface area is 171 Å². The summed E-state index contributed by atoms with van der Waals surface area (Å²) < 4.78 is 16.7. The van der Waals surface area contributed by atoms with Gasteiger partial charge in [0.2, 0.25) is 0 Å². The molecule has 4 aromatic rings. The van der Waals surface area contributed by atoms with Gasteiger partial charge in [0.1, 0.15) is 23.0 Å². The van der Waals surface area contributed by atoms with E-state index in [4.69, 9.17) is 17.3 Å². The predicted octanol–water partition coefficient (Wildman–Crippen LogP) is 4.27. The van der Waals surface area contributed by atoms with Gasteiger partial charge in [-0.2, -0.15) is 10.2 Å². The SMILES string of the molecule is Cc1nn(-c2cc(N)[nH]c3c(ccn2)c(-c2ccc(F)cc2)nn3C)c(C)c1Cl. The summed E-state index contributed by atoms with van der Waals surface area (Å²) in [5.41, 5.74) is 9.87. The second-order valence-corrected chi connectivity index (χ2v) is 7.04. The van der Waals surface area contributed by atoms with Crippen molar-refractivity contribution in [2.75, 3.05) is 5.73 Å². The van der Waals surface area contributed by atoms with E-state index in [1.165, 1.54) is 12.1 Å². The van der Waals surface area contributed by atoms with Crippen molar-refractivity contribution in [3.63, 3.8) is 0 Å². The normalized spacial score (nSPS) is 11.1. The van der Waals surface area contributed by atoms with E-state index in [1.807, 2.05) is 19.9 Å². The van der Waals surface area contributed by atoms with E-state index in [1.54, 1.807) is 40.8 Å². The lowest BCUT2D eigenvalue weighted by atomic mass is 10.1. The summed E-state index contributed by atoms with van der Waals surface area (Å²) in [6.45, 7) is 3.70. The summed E-state index contributed by atoms with van der Waals surface area (Å²) in [6, 6.07) is 9.68. The quantitative estimate of drug-likeness (QED) is 0.515. The smallest absolute Gasteiger partial charge is 0.157 e. The van der Waals surface area contributed by atoms with Gasteiger partial charge in [-0.1, -0.05) is 11.6 Å². The van der Waals surface area contributed by atoms with E-state index < -0.39 is 0 Å². The van der Waals surface area contributed by atoms with Crippen molar-refractivity contribution in [2.24, 2.45) is 7.05 Å². The van der Waals surface area contributed by atoms with E-state index >= 15 is 0 Å². The monoisotopic (exact) mass is 411 g/mol. The largest absolute Gasteiger partial charge is 0.385 e. The zero-order valence-corrected chi connectivity index (χ0v) is 16.9. The minimum Gasteiger partial charge on any atom is -0.385 e. The average molecular weight is 412 g/mol. The molecule has 9 heteroatoms. The van der Waals surface area contributed by atoms with Crippen LogP contribution in [0.15, 0.2) is 42.6 Å². The van der Waals surface area contributed by atoms with E-state index in [-0.39, 0.29) is 5.82 Å². The number of hydrogen-bond donors (Lipinski definition) is 2. The number of nitrogens with two attached hydrogens (primary N) is 1. The third kappa shape index (κ3) is 3.42. The molecule has 0 atom stereocenters. The van der Waals surface area contributed by atoms with Crippen LogP contribution in [0.5, 0.6) is 0 Å². The number of halogens is 2. The number of H-pyrrole nitrogens is 1. The second kappa shape index (κ2) is 7.21. The highest BCUT2D eigenvalue weighted by Crippen LogP contribution is 2.26. The van der Waals surface area contributed by atoms with Gasteiger partial charge in [0, 0.05) is 30.3 Å². The van der Waals surface area contributed by atoms with Crippen molar-refractivity contribution in [3.8, 4) is 17.1 Å². The Balaban J connectivity index is 1.97. The van der Waals surface area contributed by atoms with Gasteiger partial charge in [0.05, 0.1) is 16.4 Å². The van der Waals surface area contributed by atoms with Crippen LogP contribution in [0.1, 0.15) is 11.4 Å². The molecule has 0 aliphatic heterocycles. The molecule has 1 aromatic carbocycles. The van der Waals surface area contributed by atoms with Gasteiger partial charge in [0.15, 0.2) is 5.82 Å². The highest BCUT2D eigenvalue weighted by molar-refractivity contribution is 6.31. The van der Waals surface area contributed by atoms with Gasteiger partial charge in [-0.25, -0.2) is 14.1 Å². The Morgan fingerprint density at radius 2 is 1.83 bits per heavy atom. The lowest BCUT2D eigenvalue weighted by molar-refractivity contribution is 0.628. The molecule has 0 fully saturated rings. The Bertz CT molecular complexity index is 1270. The van der Waals surface area contributed by atoms with Gasteiger partial charge in [-0.05, 0) is 44.2 Å². The lowest BCUT2D eigenvalue weighted by Crippen LogP contribution is -2.01. The topological polar surface area (TPSA) is 90.3 Å². The Morgan fingerprint density at radius 3 is 2.48 bits per heavy atom. The highest BCUT2D eigenvalue weighted by atomic mass is 35.5. The first-order chi connectivity index (χ1) is 13.8. The standard InChI is InChI=1S/C20H19ClFN7/c1-11-18(21)12(2)29(26-11)17-10-16(23)25-20-15(8-9-24-17)19(27-28(20)3)13-4-6-14(22)7-5-13/h4-10,25H,23H2,1-3H3. The number of benzene rings is 1. The van der Waals surface area contributed by atoms with Crippen LogP contribution in [0.4, 0.5) is 10.2 Å². The summed E-state index contributed by atoms with van der Waals surface area (Å²) in [5.74, 6) is 0.580. The zero-order chi connectivity index (χ0) is 20.7. The summed E-state index contributed by atoms with van der Waals surface area (Å²) in [4.78, 5) is 7.69. The molecule has 0 saturated carbocycles. The van der Waals surface area contributed by atoms with Crippen molar-refractivity contribution in [1.82, 2.24) is 29.5 Å². The highest BCUT2D eigenvalue weighted by Gasteiger charge is 2.13. The molecule has 3 heterocycles. The first-order valence-electron chi connectivity index (χ1n) is 8.88. The van der Waals surface area contributed by atoms with Crippen molar-refractivity contribution >= 4 is 28.5 Å². The number of aromatic nitrogens is 6. The van der Waals surface area contributed by atoms with Gasteiger partial charge in [0.25, 0.3) is 0 Å². The predicted molar refractivity (Wildman–Crippen MR) is 112 cm³/mol. The van der Waals surface area contributed by atoms with Crippen molar-refractivity contribution < 1.29 is 4.39 Å². The van der Waals surface area contributed by atoms with Crippen LogP contribution in [-0.2, 0) is 7.05 Å². The fourth-order valence-electron chi connectivity index (χ4n) is 3.17. The van der Waals surface area contributed by atoms with Gasteiger partial charge < -0.3 is 10.7 Å². The second-order valence-electron chi connectivity index (χ2n) is 6.67. The van der Waals surface area contributed by atoms with Crippen LogP contribution in [-0.4, -0.2) is 29.5 Å². The first-order valence-corrected chi connectivity index (χ1v) is 9.26. The maximum atomic E-state index is 13.3. The van der Waals surface area contributed by atoms with Crippen LogP contribution in [0, 0.1) is 19.7 Å². The minimum atomic E-state index is -0.303. The molecule has 0 spiro atoms. The van der Waals surface area contributed by atoms with Crippen molar-refractivity contribution in [1.29, 1.82) is 0 Å². The van der Waals surface area contributed by atoms with Gasteiger partial charge >= 0.3 is 0 Å². The number of aromatic amines is 1. The lowest BCUT2D eigenvalue weighted by Gasteiger charge is -2.01. The molecular weight excluding hydrogens is 393 g/mol. The number of rotatable bonds is 2. The number of hydrogen-bond acceptors (Lipinski definition) is 4. The average Bonchev–Trinajstić information content (AvgIpc) is 3.15. The fraction of sp³-hybridized carbons (Fsp3) is 0.150.